The van der Waals surface area contributed by atoms with Crippen molar-refractivity contribution in [2.75, 3.05) is 13.1 Å². The molecule has 0 radical (unpaired) electrons. The van der Waals surface area contributed by atoms with Gasteiger partial charge in [0.25, 0.3) is 5.91 Å². The summed E-state index contributed by atoms with van der Waals surface area (Å²) in [7, 11) is 0. The summed E-state index contributed by atoms with van der Waals surface area (Å²) in [4.78, 5) is 18.6. The van der Waals surface area contributed by atoms with E-state index in [1.807, 2.05) is 11.0 Å². The molecule has 1 saturated heterocycles. The van der Waals surface area contributed by atoms with Gasteiger partial charge in [-0.15, -0.1) is 11.3 Å². The standard InChI is InChI=1S/C13H17N5OS/c14-6-12-16-11(8-20-12)13(19)18-5-1-2-9(7-18)10-3-4-15-17-10/h3-4,8-9H,1-2,5-7,14H2,(H,15,17). The lowest BCUT2D eigenvalue weighted by Crippen LogP contribution is -2.39. The third kappa shape index (κ3) is 2.59. The van der Waals surface area contributed by atoms with Gasteiger partial charge in [0.1, 0.15) is 10.7 Å². The summed E-state index contributed by atoms with van der Waals surface area (Å²) in [6, 6.07) is 1.98. The number of aromatic nitrogens is 3. The fourth-order valence-electron chi connectivity index (χ4n) is 2.57. The lowest BCUT2D eigenvalue weighted by Gasteiger charge is -2.31. The molecule has 0 saturated carbocycles. The van der Waals surface area contributed by atoms with Crippen LogP contribution in [0.25, 0.3) is 0 Å². The molecule has 1 atom stereocenters. The van der Waals surface area contributed by atoms with Crippen molar-refractivity contribution in [3.05, 3.63) is 34.0 Å². The van der Waals surface area contributed by atoms with Gasteiger partial charge in [0.15, 0.2) is 0 Å². The molecular weight excluding hydrogens is 274 g/mol. The summed E-state index contributed by atoms with van der Waals surface area (Å²) in [5, 5.41) is 9.59. The van der Waals surface area contributed by atoms with Gasteiger partial charge in [0, 0.05) is 42.8 Å². The minimum Gasteiger partial charge on any atom is -0.337 e. The van der Waals surface area contributed by atoms with Crippen molar-refractivity contribution >= 4 is 17.2 Å². The number of likely N-dealkylation sites (tertiary alicyclic amines) is 1. The Bertz CT molecular complexity index is 579. The lowest BCUT2D eigenvalue weighted by molar-refractivity contribution is 0.0700. The van der Waals surface area contributed by atoms with Crippen molar-refractivity contribution in [1.29, 1.82) is 0 Å². The molecule has 106 valence electrons. The van der Waals surface area contributed by atoms with E-state index < -0.39 is 0 Å². The third-order valence-electron chi connectivity index (χ3n) is 3.62. The first-order chi connectivity index (χ1) is 9.78. The number of amides is 1. The van der Waals surface area contributed by atoms with Gasteiger partial charge in [-0.3, -0.25) is 9.89 Å². The number of hydrogen-bond acceptors (Lipinski definition) is 5. The summed E-state index contributed by atoms with van der Waals surface area (Å²) >= 11 is 1.44. The number of nitrogens with one attached hydrogen (secondary N) is 1. The first-order valence-corrected chi connectivity index (χ1v) is 7.59. The van der Waals surface area contributed by atoms with Crippen LogP contribution < -0.4 is 5.73 Å². The molecule has 3 N–H and O–H groups in total. The Morgan fingerprint density at radius 3 is 3.20 bits per heavy atom. The Morgan fingerprint density at radius 1 is 1.60 bits per heavy atom. The number of aromatic amines is 1. The molecule has 1 aliphatic rings. The van der Waals surface area contributed by atoms with Gasteiger partial charge in [-0.05, 0) is 18.9 Å². The average Bonchev–Trinajstić information content (AvgIpc) is 3.17. The van der Waals surface area contributed by atoms with Gasteiger partial charge in [0.05, 0.1) is 0 Å². The number of carbonyl (C=O) groups excluding carboxylic acids is 1. The van der Waals surface area contributed by atoms with E-state index in [0.717, 1.165) is 36.6 Å². The Hall–Kier alpha value is -1.73. The van der Waals surface area contributed by atoms with E-state index in [9.17, 15) is 4.79 Å². The maximum atomic E-state index is 12.4. The molecule has 7 heteroatoms. The molecule has 2 aromatic heterocycles. The number of rotatable bonds is 3. The smallest absolute Gasteiger partial charge is 0.273 e. The van der Waals surface area contributed by atoms with Crippen molar-refractivity contribution in [2.45, 2.75) is 25.3 Å². The highest BCUT2D eigenvalue weighted by atomic mass is 32.1. The highest BCUT2D eigenvalue weighted by Crippen LogP contribution is 2.26. The maximum absolute atomic E-state index is 12.4. The largest absolute Gasteiger partial charge is 0.337 e. The van der Waals surface area contributed by atoms with Crippen LogP contribution in [0.4, 0.5) is 0 Å². The number of nitrogens with zero attached hydrogens (tertiary/aromatic N) is 3. The number of thiazole rings is 1. The fourth-order valence-corrected chi connectivity index (χ4v) is 3.22. The predicted octanol–water partition coefficient (Wildman–Crippen LogP) is 1.34. The second kappa shape index (κ2) is 5.72. The molecule has 0 bridgehead atoms. The van der Waals surface area contributed by atoms with E-state index >= 15 is 0 Å². The van der Waals surface area contributed by atoms with Crippen LogP contribution in [0.2, 0.25) is 0 Å². The molecule has 0 aromatic carbocycles. The van der Waals surface area contributed by atoms with Crippen molar-refractivity contribution in [1.82, 2.24) is 20.1 Å². The van der Waals surface area contributed by atoms with E-state index in [4.69, 9.17) is 5.73 Å². The Kier molecular flexibility index (Phi) is 3.79. The second-order valence-corrected chi connectivity index (χ2v) is 5.88. The summed E-state index contributed by atoms with van der Waals surface area (Å²) < 4.78 is 0. The minimum atomic E-state index is 0.00478. The molecular formula is C13H17N5OS. The van der Waals surface area contributed by atoms with Gasteiger partial charge in [0.2, 0.25) is 0 Å². The molecule has 0 aliphatic carbocycles. The van der Waals surface area contributed by atoms with E-state index in [1.54, 1.807) is 11.6 Å². The summed E-state index contributed by atoms with van der Waals surface area (Å²) in [5.41, 5.74) is 7.15. The van der Waals surface area contributed by atoms with E-state index in [2.05, 4.69) is 15.2 Å². The van der Waals surface area contributed by atoms with Crippen molar-refractivity contribution < 1.29 is 4.79 Å². The van der Waals surface area contributed by atoms with Gasteiger partial charge in [-0.2, -0.15) is 5.10 Å². The Labute approximate surface area is 121 Å². The molecule has 1 fully saturated rings. The maximum Gasteiger partial charge on any atom is 0.273 e. The minimum absolute atomic E-state index is 0.00478. The van der Waals surface area contributed by atoms with Gasteiger partial charge >= 0.3 is 0 Å². The quantitative estimate of drug-likeness (QED) is 0.893. The van der Waals surface area contributed by atoms with Crippen LogP contribution in [-0.4, -0.2) is 39.1 Å². The van der Waals surface area contributed by atoms with Crippen LogP contribution in [0.1, 0.15) is 39.9 Å². The molecule has 3 rings (SSSR count). The number of hydrogen-bond donors (Lipinski definition) is 2. The van der Waals surface area contributed by atoms with E-state index in [-0.39, 0.29) is 5.91 Å². The zero-order valence-electron chi connectivity index (χ0n) is 11.1. The number of nitrogens with two attached hydrogens (primary N) is 1. The van der Waals surface area contributed by atoms with Gasteiger partial charge < -0.3 is 10.6 Å². The van der Waals surface area contributed by atoms with Crippen LogP contribution in [0, 0.1) is 0 Å². The zero-order valence-corrected chi connectivity index (χ0v) is 11.9. The fraction of sp³-hybridized carbons (Fsp3) is 0.462. The van der Waals surface area contributed by atoms with Gasteiger partial charge in [-0.25, -0.2) is 4.98 Å². The molecule has 20 heavy (non-hydrogen) atoms. The highest BCUT2D eigenvalue weighted by Gasteiger charge is 2.27. The molecule has 6 nitrogen and oxygen atoms in total. The first-order valence-electron chi connectivity index (χ1n) is 6.71. The SMILES string of the molecule is NCc1nc(C(=O)N2CCCC(c3ccn[nH]3)C2)cs1. The van der Waals surface area contributed by atoms with Crippen LogP contribution in [-0.2, 0) is 6.54 Å². The molecule has 0 spiro atoms. The molecule has 1 amide bonds. The van der Waals surface area contributed by atoms with Crippen LogP contribution >= 0.6 is 11.3 Å². The number of carbonyl (C=O) groups is 1. The molecule has 1 unspecified atom stereocenters. The van der Waals surface area contributed by atoms with Crippen LogP contribution in [0.15, 0.2) is 17.6 Å². The zero-order chi connectivity index (χ0) is 13.9. The Morgan fingerprint density at radius 2 is 2.50 bits per heavy atom. The van der Waals surface area contributed by atoms with Gasteiger partial charge in [-0.1, -0.05) is 0 Å². The first kappa shape index (κ1) is 13.3. The summed E-state index contributed by atoms with van der Waals surface area (Å²) in [5.74, 6) is 0.341. The Balaban J connectivity index is 1.71. The van der Waals surface area contributed by atoms with Crippen LogP contribution in [0.5, 0.6) is 0 Å². The van der Waals surface area contributed by atoms with Crippen molar-refractivity contribution in [3.8, 4) is 0 Å². The van der Waals surface area contributed by atoms with E-state index in [0.29, 0.717) is 18.2 Å². The summed E-state index contributed by atoms with van der Waals surface area (Å²) in [6.07, 6.45) is 3.84. The van der Waals surface area contributed by atoms with Crippen molar-refractivity contribution in [2.24, 2.45) is 5.73 Å². The lowest BCUT2D eigenvalue weighted by atomic mass is 9.95. The molecule has 3 heterocycles. The molecule has 2 aromatic rings. The monoisotopic (exact) mass is 291 g/mol. The topological polar surface area (TPSA) is 87.9 Å². The highest BCUT2D eigenvalue weighted by molar-refractivity contribution is 7.09. The number of piperidine rings is 1. The van der Waals surface area contributed by atoms with Crippen molar-refractivity contribution in [3.63, 3.8) is 0 Å². The van der Waals surface area contributed by atoms with E-state index in [1.165, 1.54) is 11.3 Å². The normalized spacial score (nSPS) is 19.2. The van der Waals surface area contributed by atoms with Crippen LogP contribution in [0.3, 0.4) is 0 Å². The molecule has 1 aliphatic heterocycles. The number of H-pyrrole nitrogens is 1. The average molecular weight is 291 g/mol. The second-order valence-electron chi connectivity index (χ2n) is 4.93. The summed E-state index contributed by atoms with van der Waals surface area (Å²) in [6.45, 7) is 1.89. The third-order valence-corrected chi connectivity index (χ3v) is 4.49. The predicted molar refractivity (Wildman–Crippen MR) is 76.5 cm³/mol.